The first-order chi connectivity index (χ1) is 14.4. The number of nitrogens with one attached hydrogen (secondary N) is 1. The van der Waals surface area contributed by atoms with Crippen LogP contribution < -0.4 is 5.32 Å². The lowest BCUT2D eigenvalue weighted by atomic mass is 9.97. The average Bonchev–Trinajstić information content (AvgIpc) is 3.15. The van der Waals surface area contributed by atoms with Gasteiger partial charge in [0, 0.05) is 24.5 Å². The molecule has 0 spiro atoms. The molecule has 0 bridgehead atoms. The maximum absolute atomic E-state index is 13.2. The Morgan fingerprint density at radius 2 is 1.97 bits per heavy atom. The molecular weight excluding hydrogens is 450 g/mol. The number of pyridine rings is 1. The zero-order chi connectivity index (χ0) is 21.3. The maximum atomic E-state index is 13.2. The van der Waals surface area contributed by atoms with Gasteiger partial charge in [-0.15, -0.1) is 12.4 Å². The molecular formula is C22H24Cl2F3N3O. The fourth-order valence-electron chi connectivity index (χ4n) is 4.76. The lowest BCUT2D eigenvalue weighted by Gasteiger charge is -2.38. The number of amides is 1. The molecule has 0 aliphatic carbocycles. The summed E-state index contributed by atoms with van der Waals surface area (Å²) in [5.41, 5.74) is -0.342. The Labute approximate surface area is 190 Å². The first-order valence-corrected chi connectivity index (χ1v) is 10.6. The van der Waals surface area contributed by atoms with E-state index in [4.69, 9.17) is 11.6 Å². The topological polar surface area (TPSA) is 45.2 Å². The second-order valence-corrected chi connectivity index (χ2v) is 8.31. The van der Waals surface area contributed by atoms with Crippen LogP contribution in [-0.2, 0) is 6.18 Å². The number of aromatic nitrogens is 1. The summed E-state index contributed by atoms with van der Waals surface area (Å²) < 4.78 is 39.7. The zero-order valence-corrected chi connectivity index (χ0v) is 18.3. The van der Waals surface area contributed by atoms with Crippen LogP contribution in [0.4, 0.5) is 13.2 Å². The number of hydrogen-bond donors (Lipinski definition) is 1. The van der Waals surface area contributed by atoms with Crippen LogP contribution >= 0.6 is 24.0 Å². The minimum absolute atomic E-state index is 0. The summed E-state index contributed by atoms with van der Waals surface area (Å²) in [4.78, 5) is 19.7. The Kier molecular flexibility index (Phi) is 7.50. The Bertz CT molecular complexity index is 911. The second-order valence-electron chi connectivity index (χ2n) is 7.93. The molecule has 2 fully saturated rings. The van der Waals surface area contributed by atoms with E-state index in [0.29, 0.717) is 6.04 Å². The number of hydrogen-bond acceptors (Lipinski definition) is 3. The summed E-state index contributed by atoms with van der Waals surface area (Å²) in [5, 5.41) is 2.40. The van der Waals surface area contributed by atoms with Gasteiger partial charge in [0.1, 0.15) is 0 Å². The number of halogens is 5. The highest BCUT2D eigenvalue weighted by molar-refractivity contribution is 6.34. The molecule has 1 aromatic heterocycles. The van der Waals surface area contributed by atoms with E-state index >= 15 is 0 Å². The highest BCUT2D eigenvalue weighted by Crippen LogP contribution is 2.39. The molecule has 2 aliphatic rings. The fraction of sp³-hybridized carbons (Fsp3) is 0.455. The fourth-order valence-corrected chi connectivity index (χ4v) is 5.08. The highest BCUT2D eigenvalue weighted by Gasteiger charge is 2.41. The summed E-state index contributed by atoms with van der Waals surface area (Å²) in [7, 11) is 0. The van der Waals surface area contributed by atoms with Crippen molar-refractivity contribution < 1.29 is 18.0 Å². The number of carbonyl (C=O) groups excluding carboxylic acids is 1. The van der Waals surface area contributed by atoms with Crippen molar-refractivity contribution in [1.29, 1.82) is 0 Å². The molecule has 2 aliphatic heterocycles. The second kappa shape index (κ2) is 9.76. The lowest BCUT2D eigenvalue weighted by Crippen LogP contribution is -2.47. The molecule has 3 atom stereocenters. The average molecular weight is 474 g/mol. The van der Waals surface area contributed by atoms with Gasteiger partial charge in [0.25, 0.3) is 5.91 Å². The van der Waals surface area contributed by atoms with Gasteiger partial charge in [0.2, 0.25) is 0 Å². The Morgan fingerprint density at radius 3 is 2.68 bits per heavy atom. The standard InChI is InChI=1S/C22H23ClF3N3O.ClH/c23-19-16(7-3-8-17(19)22(24,25)26)21(30)28-20(14-5-4-11-27-13-14)18-10-9-15-6-1-2-12-29(15)18;/h3-5,7-8,11,13,15,18,20H,1-2,6,9-10,12H2,(H,28,30);1H/t15-,18-,20?;/m0./s1. The van der Waals surface area contributed by atoms with Crippen molar-refractivity contribution in [3.05, 3.63) is 64.4 Å². The van der Waals surface area contributed by atoms with Crippen molar-refractivity contribution in [3.8, 4) is 0 Å². The van der Waals surface area contributed by atoms with E-state index in [9.17, 15) is 18.0 Å². The molecule has 2 aromatic rings. The van der Waals surface area contributed by atoms with E-state index in [1.165, 1.54) is 18.6 Å². The third kappa shape index (κ3) is 4.99. The smallest absolute Gasteiger partial charge is 0.344 e. The van der Waals surface area contributed by atoms with E-state index in [1.807, 2.05) is 6.07 Å². The minimum Gasteiger partial charge on any atom is -0.344 e. The van der Waals surface area contributed by atoms with Crippen LogP contribution in [0.15, 0.2) is 42.7 Å². The molecule has 2 saturated heterocycles. The highest BCUT2D eigenvalue weighted by atomic mass is 35.5. The van der Waals surface area contributed by atoms with E-state index in [-0.39, 0.29) is 30.1 Å². The van der Waals surface area contributed by atoms with Crippen LogP contribution in [0.1, 0.15) is 59.6 Å². The van der Waals surface area contributed by atoms with E-state index in [1.54, 1.807) is 18.5 Å². The maximum Gasteiger partial charge on any atom is 0.417 e. The molecule has 3 heterocycles. The van der Waals surface area contributed by atoms with Crippen LogP contribution in [-0.4, -0.2) is 34.4 Å². The van der Waals surface area contributed by atoms with Gasteiger partial charge >= 0.3 is 6.18 Å². The summed E-state index contributed by atoms with van der Waals surface area (Å²) in [5.74, 6) is -0.611. The summed E-state index contributed by atoms with van der Waals surface area (Å²) >= 11 is 5.98. The molecule has 168 valence electrons. The molecule has 1 N–H and O–H groups in total. The normalized spacial score (nSPS) is 22.3. The number of fused-ring (bicyclic) bond motifs is 1. The number of carbonyl (C=O) groups is 1. The van der Waals surface area contributed by atoms with Crippen molar-refractivity contribution in [2.45, 2.75) is 56.4 Å². The van der Waals surface area contributed by atoms with Gasteiger partial charge in [0.05, 0.1) is 22.2 Å². The SMILES string of the molecule is Cl.O=C(NC(c1cccnc1)[C@@H]1CC[C@@H]2CCCCN21)c1cccc(C(F)(F)F)c1Cl. The van der Waals surface area contributed by atoms with Crippen LogP contribution in [0.25, 0.3) is 0 Å². The minimum atomic E-state index is -4.62. The zero-order valence-electron chi connectivity index (χ0n) is 16.7. The van der Waals surface area contributed by atoms with E-state index < -0.39 is 22.7 Å². The van der Waals surface area contributed by atoms with Gasteiger partial charge in [-0.25, -0.2) is 0 Å². The summed E-state index contributed by atoms with van der Waals surface area (Å²) in [6, 6.07) is 7.30. The lowest BCUT2D eigenvalue weighted by molar-refractivity contribution is -0.137. The third-order valence-corrected chi connectivity index (χ3v) is 6.57. The van der Waals surface area contributed by atoms with Gasteiger partial charge in [-0.3, -0.25) is 14.7 Å². The van der Waals surface area contributed by atoms with Crippen LogP contribution in [0, 0.1) is 0 Å². The molecule has 1 amide bonds. The Balaban J connectivity index is 0.00000272. The molecule has 0 saturated carbocycles. The predicted molar refractivity (Wildman–Crippen MR) is 116 cm³/mol. The molecule has 0 radical (unpaired) electrons. The third-order valence-electron chi connectivity index (χ3n) is 6.16. The first-order valence-electron chi connectivity index (χ1n) is 10.2. The number of rotatable bonds is 4. The first kappa shape index (κ1) is 23.8. The monoisotopic (exact) mass is 473 g/mol. The molecule has 31 heavy (non-hydrogen) atoms. The van der Waals surface area contributed by atoms with Crippen molar-refractivity contribution in [1.82, 2.24) is 15.2 Å². The van der Waals surface area contributed by atoms with Gasteiger partial charge < -0.3 is 5.32 Å². The van der Waals surface area contributed by atoms with Crippen LogP contribution in [0.5, 0.6) is 0 Å². The van der Waals surface area contributed by atoms with Crippen molar-refractivity contribution in [2.24, 2.45) is 0 Å². The Morgan fingerprint density at radius 1 is 1.16 bits per heavy atom. The van der Waals surface area contributed by atoms with Gasteiger partial charge in [0.15, 0.2) is 0 Å². The number of benzene rings is 1. The number of nitrogens with zero attached hydrogens (tertiary/aromatic N) is 2. The number of piperidine rings is 1. The van der Waals surface area contributed by atoms with Gasteiger partial charge in [-0.05, 0) is 56.0 Å². The van der Waals surface area contributed by atoms with Gasteiger partial charge in [-0.2, -0.15) is 13.2 Å². The van der Waals surface area contributed by atoms with E-state index in [0.717, 1.165) is 43.9 Å². The van der Waals surface area contributed by atoms with Crippen LogP contribution in [0.3, 0.4) is 0 Å². The van der Waals surface area contributed by atoms with Crippen molar-refractivity contribution in [3.63, 3.8) is 0 Å². The van der Waals surface area contributed by atoms with E-state index in [2.05, 4.69) is 15.2 Å². The Hall–Kier alpha value is -1.83. The summed E-state index contributed by atoms with van der Waals surface area (Å²) in [6.07, 6.45) is 4.17. The van der Waals surface area contributed by atoms with Crippen molar-refractivity contribution >= 4 is 29.9 Å². The van der Waals surface area contributed by atoms with Crippen LogP contribution in [0.2, 0.25) is 5.02 Å². The summed E-state index contributed by atoms with van der Waals surface area (Å²) in [6.45, 7) is 0.965. The molecule has 9 heteroatoms. The molecule has 4 rings (SSSR count). The largest absolute Gasteiger partial charge is 0.417 e. The molecule has 1 unspecified atom stereocenters. The van der Waals surface area contributed by atoms with Crippen molar-refractivity contribution in [2.75, 3.05) is 6.54 Å². The molecule has 1 aromatic carbocycles. The van der Waals surface area contributed by atoms with Gasteiger partial charge in [-0.1, -0.05) is 30.2 Å². The molecule has 4 nitrogen and oxygen atoms in total. The quantitative estimate of drug-likeness (QED) is 0.622. The predicted octanol–water partition coefficient (Wildman–Crippen LogP) is 5.66. The number of alkyl halides is 3.